The number of ketones is 2. The van der Waals surface area contributed by atoms with E-state index in [0.29, 0.717) is 30.3 Å². The highest BCUT2D eigenvalue weighted by Crippen LogP contribution is 2.42. The van der Waals surface area contributed by atoms with Crippen molar-refractivity contribution >= 4 is 17.4 Å². The van der Waals surface area contributed by atoms with E-state index in [2.05, 4.69) is 55.8 Å². The van der Waals surface area contributed by atoms with Crippen molar-refractivity contribution in [2.24, 2.45) is 29.6 Å². The van der Waals surface area contributed by atoms with Gasteiger partial charge in [-0.3, -0.25) is 9.59 Å². The minimum atomic E-state index is -1.69. The Labute approximate surface area is 298 Å². The van der Waals surface area contributed by atoms with Crippen molar-refractivity contribution in [3.63, 3.8) is 0 Å². The molecule has 2 aromatic carbocycles. The maximum Gasteiger partial charge on any atom is 0.173 e. The number of aromatic hydroxyl groups is 1. The molecule has 3 aromatic rings. The Morgan fingerprint density at radius 2 is 1.80 bits per heavy atom. The van der Waals surface area contributed by atoms with Crippen LogP contribution < -0.4 is 10.5 Å². The van der Waals surface area contributed by atoms with Crippen molar-refractivity contribution < 1.29 is 24.5 Å². The average molecular weight is 679 g/mol. The molecule has 1 fully saturated rings. The van der Waals surface area contributed by atoms with Gasteiger partial charge in [0.15, 0.2) is 29.2 Å². The molecule has 4 N–H and O–H groups in total. The number of benzene rings is 2. The van der Waals surface area contributed by atoms with Gasteiger partial charge < -0.3 is 20.7 Å². The molecule has 266 valence electrons. The molecular weight excluding hydrogens is 624 g/mol. The van der Waals surface area contributed by atoms with Crippen LogP contribution in [0.5, 0.6) is 11.5 Å². The molecule has 7 nitrogen and oxygen atoms in total. The summed E-state index contributed by atoms with van der Waals surface area (Å²) >= 11 is 0. The number of nitrogen functional groups attached to an aromatic ring is 1. The number of Topliss-reactive ketones (excluding diaryl/α,β-unsaturated/α-hetero) is 2. The third-order valence-corrected chi connectivity index (χ3v) is 10.8. The highest BCUT2D eigenvalue weighted by molar-refractivity contribution is 6.06. The van der Waals surface area contributed by atoms with Crippen molar-refractivity contribution in [3.8, 4) is 23.3 Å². The van der Waals surface area contributed by atoms with Gasteiger partial charge in [-0.15, -0.1) is 0 Å². The van der Waals surface area contributed by atoms with Crippen LogP contribution in [0.3, 0.4) is 0 Å². The average Bonchev–Trinajstić information content (AvgIpc) is 3.27. The molecular formula is C43H54N2O5. The van der Waals surface area contributed by atoms with E-state index < -0.39 is 29.5 Å². The van der Waals surface area contributed by atoms with Crippen molar-refractivity contribution in [2.75, 3.05) is 12.8 Å². The zero-order valence-electron chi connectivity index (χ0n) is 30.2. The van der Waals surface area contributed by atoms with Crippen LogP contribution in [0.4, 0.5) is 5.82 Å². The number of ether oxygens (including phenoxy) is 1. The maximum absolute atomic E-state index is 14.2. The van der Waals surface area contributed by atoms with Gasteiger partial charge in [-0.2, -0.15) is 0 Å². The molecule has 1 aromatic heterocycles. The largest absolute Gasteiger partial charge is 0.504 e. The fraction of sp³-hybridized carbons (Fsp3) is 0.512. The first-order valence-corrected chi connectivity index (χ1v) is 18.5. The summed E-state index contributed by atoms with van der Waals surface area (Å²) in [6.07, 6.45) is 8.30. The van der Waals surface area contributed by atoms with Crippen LogP contribution in [-0.2, 0) is 28.9 Å². The number of aromatic nitrogens is 1. The Kier molecular flexibility index (Phi) is 12.8. The van der Waals surface area contributed by atoms with Gasteiger partial charge in [0.2, 0.25) is 0 Å². The van der Waals surface area contributed by atoms with Gasteiger partial charge in [-0.25, -0.2) is 4.98 Å². The number of aliphatic hydroxyl groups excluding tert-OH is 1. The fourth-order valence-electron chi connectivity index (χ4n) is 8.07. The monoisotopic (exact) mass is 678 g/mol. The number of methoxy groups -OCH3 is 1. The number of pyridine rings is 1. The second-order valence-corrected chi connectivity index (χ2v) is 14.9. The van der Waals surface area contributed by atoms with Gasteiger partial charge in [0.25, 0.3) is 0 Å². The number of aliphatic hydroxyl groups is 1. The summed E-state index contributed by atoms with van der Waals surface area (Å²) in [5.74, 6) is 6.93. The highest BCUT2D eigenvalue weighted by Gasteiger charge is 2.40. The molecule has 1 heterocycles. The van der Waals surface area contributed by atoms with Crippen molar-refractivity contribution in [1.29, 1.82) is 0 Å². The summed E-state index contributed by atoms with van der Waals surface area (Å²) in [6.45, 7) is 6.62. The number of hydrogen-bond acceptors (Lipinski definition) is 7. The van der Waals surface area contributed by atoms with Gasteiger partial charge in [0.05, 0.1) is 13.0 Å². The summed E-state index contributed by atoms with van der Waals surface area (Å²) < 4.78 is 5.48. The molecule has 0 spiro atoms. The summed E-state index contributed by atoms with van der Waals surface area (Å²) in [6, 6.07) is 15.8. The fourth-order valence-corrected chi connectivity index (χ4v) is 8.07. The third kappa shape index (κ3) is 9.14. The predicted molar refractivity (Wildman–Crippen MR) is 198 cm³/mol. The Balaban J connectivity index is 1.68. The first kappa shape index (κ1) is 37.1. The number of carbonyl (C=O) groups excluding carboxylic acids is 2. The van der Waals surface area contributed by atoms with E-state index in [1.54, 1.807) is 18.3 Å². The van der Waals surface area contributed by atoms with Crippen molar-refractivity contribution in [2.45, 2.75) is 103 Å². The molecule has 5 rings (SSSR count). The van der Waals surface area contributed by atoms with E-state index in [4.69, 9.17) is 10.5 Å². The van der Waals surface area contributed by atoms with Gasteiger partial charge in [0.1, 0.15) is 5.82 Å². The van der Waals surface area contributed by atoms with Gasteiger partial charge >= 0.3 is 0 Å². The highest BCUT2D eigenvalue weighted by atomic mass is 16.5. The Morgan fingerprint density at radius 1 is 1.00 bits per heavy atom. The lowest BCUT2D eigenvalue weighted by molar-refractivity contribution is -0.142. The lowest BCUT2D eigenvalue weighted by Crippen LogP contribution is -2.38. The molecule has 6 atom stereocenters. The van der Waals surface area contributed by atoms with E-state index in [1.807, 2.05) is 18.2 Å². The lowest BCUT2D eigenvalue weighted by Gasteiger charge is -2.26. The number of carbonyl (C=O) groups is 2. The molecule has 2 aliphatic carbocycles. The molecule has 0 aliphatic heterocycles. The van der Waals surface area contributed by atoms with E-state index in [0.717, 1.165) is 67.2 Å². The second-order valence-electron chi connectivity index (χ2n) is 14.9. The van der Waals surface area contributed by atoms with Gasteiger partial charge in [-0.05, 0) is 115 Å². The quantitative estimate of drug-likeness (QED) is 0.149. The molecule has 0 bridgehead atoms. The summed E-state index contributed by atoms with van der Waals surface area (Å²) in [4.78, 5) is 32.0. The summed E-state index contributed by atoms with van der Waals surface area (Å²) in [7, 11) is 1.50. The molecule has 0 saturated heterocycles. The van der Waals surface area contributed by atoms with Gasteiger partial charge in [-0.1, -0.05) is 76.1 Å². The number of phenolic OH excluding ortho intramolecular Hbond substituents is 1. The minimum Gasteiger partial charge on any atom is -0.504 e. The third-order valence-electron chi connectivity index (χ3n) is 10.8. The van der Waals surface area contributed by atoms with E-state index >= 15 is 0 Å². The SMILES string of the molecule is CCCC[C@@H]1C[C@@H](Cc2ccnc(N)c2)C[C@H]2C#C[C@H](c3ccccc3CCC(C)C)c3cc(O)c(OC)cc3CCC(=O)[C@H](O)C(=O)[C@H]2C1. The zero-order valence-corrected chi connectivity index (χ0v) is 30.2. The number of anilines is 1. The number of nitrogens with two attached hydrogens (primary N) is 1. The predicted octanol–water partition coefficient (Wildman–Crippen LogP) is 7.63. The van der Waals surface area contributed by atoms with E-state index in [-0.39, 0.29) is 36.3 Å². The number of hydrogen-bond donors (Lipinski definition) is 3. The second kappa shape index (κ2) is 17.2. The first-order valence-electron chi connectivity index (χ1n) is 18.5. The lowest BCUT2D eigenvalue weighted by atomic mass is 9.77. The van der Waals surface area contributed by atoms with E-state index in [9.17, 15) is 19.8 Å². The summed E-state index contributed by atoms with van der Waals surface area (Å²) in [5.41, 5.74) is 11.0. The van der Waals surface area contributed by atoms with Crippen LogP contribution in [0, 0.1) is 41.4 Å². The number of rotatable bonds is 10. The van der Waals surface area contributed by atoms with Crippen LogP contribution in [0.2, 0.25) is 0 Å². The number of unbranched alkanes of at least 4 members (excludes halogenated alkanes) is 1. The van der Waals surface area contributed by atoms with Crippen LogP contribution in [0.15, 0.2) is 54.7 Å². The smallest absolute Gasteiger partial charge is 0.173 e. The van der Waals surface area contributed by atoms with E-state index in [1.165, 1.54) is 12.7 Å². The molecule has 0 unspecified atom stereocenters. The number of aryl methyl sites for hydroxylation is 2. The van der Waals surface area contributed by atoms with Gasteiger partial charge in [0, 0.05) is 24.5 Å². The van der Waals surface area contributed by atoms with Crippen LogP contribution in [-0.4, -0.2) is 40.0 Å². The first-order chi connectivity index (χ1) is 24.1. The number of fused-ring (bicyclic) bond motifs is 2. The van der Waals surface area contributed by atoms with Crippen molar-refractivity contribution in [1.82, 2.24) is 4.98 Å². The maximum atomic E-state index is 14.2. The molecule has 2 aliphatic rings. The van der Waals surface area contributed by atoms with Crippen LogP contribution in [0.25, 0.3) is 0 Å². The topological polar surface area (TPSA) is 123 Å². The van der Waals surface area contributed by atoms with Crippen molar-refractivity contribution in [3.05, 3.63) is 82.5 Å². The number of nitrogens with zero attached hydrogens (tertiary/aromatic N) is 1. The summed E-state index contributed by atoms with van der Waals surface area (Å²) in [5, 5.41) is 22.4. The Hall–Kier alpha value is -4.15. The molecule has 0 radical (unpaired) electrons. The number of phenols is 1. The minimum absolute atomic E-state index is 0.00821. The molecule has 0 amide bonds. The standard InChI is InChI=1S/C43H54N2O5/c1-5-6-9-28-20-30(21-29-18-19-45-41(44)24-29)22-32-14-16-35(34-11-8-7-10-31(34)13-12-27(2)3)36-26-39(47)40(50-4)25-33(36)15-17-38(46)43(49)42(48)37(32)23-28/h7-8,10-11,18-19,24-28,30,32,35,37,43,47,49H,5-6,9,12-13,15,17,20-23H2,1-4H3,(H2,44,45)/t28-,30+,32-,35-,37+,43+/m1/s1. The van der Waals surface area contributed by atoms with Crippen LogP contribution in [0.1, 0.15) is 106 Å². The Bertz CT molecular complexity index is 1700. The molecule has 7 heteroatoms. The van der Waals surface area contributed by atoms with Crippen LogP contribution >= 0.6 is 0 Å². The molecule has 50 heavy (non-hydrogen) atoms. The normalized spacial score (nSPS) is 24.2. The zero-order chi connectivity index (χ0) is 35.8. The Morgan fingerprint density at radius 3 is 2.54 bits per heavy atom. The molecule has 1 saturated carbocycles.